The number of nitriles is 1. The van der Waals surface area contributed by atoms with E-state index in [-0.39, 0.29) is 30.6 Å². The van der Waals surface area contributed by atoms with Gasteiger partial charge in [0, 0.05) is 18.3 Å². The first kappa shape index (κ1) is 17.9. The number of nitrogens with zero attached hydrogens (tertiary/aromatic N) is 1. The predicted molar refractivity (Wildman–Crippen MR) is 92.6 cm³/mol. The van der Waals surface area contributed by atoms with Gasteiger partial charge in [-0.15, -0.1) is 0 Å². The molecule has 2 rings (SSSR count). The van der Waals surface area contributed by atoms with E-state index in [0.29, 0.717) is 11.3 Å². The Morgan fingerprint density at radius 1 is 1.16 bits per heavy atom. The maximum Gasteiger partial charge on any atom is 0.248 e. The predicted octanol–water partition coefficient (Wildman–Crippen LogP) is 3.01. The van der Waals surface area contributed by atoms with Crippen molar-refractivity contribution < 1.29 is 14.0 Å². The van der Waals surface area contributed by atoms with E-state index in [1.807, 2.05) is 0 Å². The number of rotatable bonds is 6. The van der Waals surface area contributed by atoms with Gasteiger partial charge in [0.25, 0.3) is 0 Å². The van der Waals surface area contributed by atoms with Gasteiger partial charge >= 0.3 is 0 Å². The van der Waals surface area contributed by atoms with Gasteiger partial charge in [-0.25, -0.2) is 4.39 Å². The van der Waals surface area contributed by atoms with Gasteiger partial charge in [0.1, 0.15) is 12.2 Å². The maximum absolute atomic E-state index is 13.1. The number of hydrogen-bond donors (Lipinski definition) is 2. The van der Waals surface area contributed by atoms with Crippen LogP contribution >= 0.6 is 0 Å². The minimum absolute atomic E-state index is 0.193. The highest BCUT2D eigenvalue weighted by molar-refractivity contribution is 6.01. The molecule has 0 radical (unpaired) electrons. The van der Waals surface area contributed by atoms with Crippen molar-refractivity contribution in [1.82, 2.24) is 5.32 Å². The molecule has 0 aliphatic rings. The normalized spacial score (nSPS) is 10.2. The van der Waals surface area contributed by atoms with Crippen LogP contribution in [-0.4, -0.2) is 11.8 Å². The van der Waals surface area contributed by atoms with Crippen molar-refractivity contribution in [1.29, 1.82) is 5.26 Å². The van der Waals surface area contributed by atoms with Crippen molar-refractivity contribution >= 4 is 23.6 Å². The van der Waals surface area contributed by atoms with E-state index in [2.05, 4.69) is 10.6 Å². The molecule has 6 heteroatoms. The number of anilines is 1. The molecule has 0 bridgehead atoms. The summed E-state index contributed by atoms with van der Waals surface area (Å²) in [5.74, 6) is -1.07. The van der Waals surface area contributed by atoms with Crippen LogP contribution in [0.2, 0.25) is 0 Å². The lowest BCUT2D eigenvalue weighted by atomic mass is 10.2. The summed E-state index contributed by atoms with van der Waals surface area (Å²) in [6, 6.07) is 14.7. The summed E-state index contributed by atoms with van der Waals surface area (Å²) in [6.45, 7) is 0.267. The molecule has 0 saturated carbocycles. The van der Waals surface area contributed by atoms with E-state index in [1.54, 1.807) is 42.5 Å². The van der Waals surface area contributed by atoms with Crippen LogP contribution in [0.5, 0.6) is 0 Å². The quantitative estimate of drug-likeness (QED) is 0.795. The molecule has 2 aromatic rings. The molecule has 5 nitrogen and oxygen atoms in total. The van der Waals surface area contributed by atoms with Crippen LogP contribution in [0.1, 0.15) is 17.5 Å². The molecule has 126 valence electrons. The molecule has 0 aromatic heterocycles. The van der Waals surface area contributed by atoms with E-state index >= 15 is 0 Å². The molecule has 0 spiro atoms. The van der Waals surface area contributed by atoms with E-state index in [9.17, 15) is 14.0 Å². The monoisotopic (exact) mass is 337 g/mol. The van der Waals surface area contributed by atoms with E-state index in [4.69, 9.17) is 5.26 Å². The van der Waals surface area contributed by atoms with Crippen LogP contribution in [0.15, 0.2) is 54.6 Å². The third-order valence-electron chi connectivity index (χ3n) is 3.20. The molecule has 0 heterocycles. The van der Waals surface area contributed by atoms with Gasteiger partial charge in [-0.05, 0) is 41.5 Å². The van der Waals surface area contributed by atoms with E-state index in [1.165, 1.54) is 24.3 Å². The minimum atomic E-state index is -0.367. The average molecular weight is 337 g/mol. The molecule has 0 aliphatic heterocycles. The average Bonchev–Trinajstić information content (AvgIpc) is 2.59. The number of amides is 2. The smallest absolute Gasteiger partial charge is 0.248 e. The third kappa shape index (κ3) is 6.28. The van der Waals surface area contributed by atoms with Crippen LogP contribution in [0.3, 0.4) is 0 Å². The molecule has 0 saturated heterocycles. The van der Waals surface area contributed by atoms with Crippen LogP contribution in [0.25, 0.3) is 6.08 Å². The zero-order valence-electron chi connectivity index (χ0n) is 13.3. The Hall–Kier alpha value is -3.46. The van der Waals surface area contributed by atoms with Crippen molar-refractivity contribution in [3.8, 4) is 6.07 Å². The Labute approximate surface area is 144 Å². The van der Waals surface area contributed by atoms with Gasteiger partial charge in [-0.2, -0.15) is 5.26 Å². The summed E-state index contributed by atoms with van der Waals surface area (Å²) in [7, 11) is 0. The zero-order chi connectivity index (χ0) is 18.1. The highest BCUT2D eigenvalue weighted by Crippen LogP contribution is 2.11. The van der Waals surface area contributed by atoms with Crippen LogP contribution in [0, 0.1) is 17.1 Å². The van der Waals surface area contributed by atoms with Gasteiger partial charge in [-0.3, -0.25) is 9.59 Å². The zero-order valence-corrected chi connectivity index (χ0v) is 13.3. The van der Waals surface area contributed by atoms with Crippen molar-refractivity contribution in [3.05, 3.63) is 71.6 Å². The lowest BCUT2D eigenvalue weighted by Crippen LogP contribution is -2.21. The standard InChI is InChI=1S/C19H16FN3O2/c20-16-5-1-3-14(11-16)7-8-19(25)23-17-6-2-4-15(12-17)13-22-18(24)9-10-21/h1-8,11-12H,9,13H2,(H,22,24)(H,23,25)/b8-7+. The number of benzene rings is 2. The molecule has 0 atom stereocenters. The first-order chi connectivity index (χ1) is 12.1. The van der Waals surface area contributed by atoms with Crippen molar-refractivity contribution in [2.24, 2.45) is 0 Å². The Morgan fingerprint density at radius 3 is 2.72 bits per heavy atom. The first-order valence-corrected chi connectivity index (χ1v) is 7.54. The molecule has 2 aromatic carbocycles. The van der Waals surface area contributed by atoms with Crippen LogP contribution < -0.4 is 10.6 Å². The Balaban J connectivity index is 1.93. The highest BCUT2D eigenvalue weighted by Gasteiger charge is 2.02. The molecule has 2 amide bonds. The van der Waals surface area contributed by atoms with E-state index < -0.39 is 0 Å². The summed E-state index contributed by atoms with van der Waals surface area (Å²) < 4.78 is 13.1. The minimum Gasteiger partial charge on any atom is -0.351 e. The van der Waals surface area contributed by atoms with Gasteiger partial charge < -0.3 is 10.6 Å². The number of carbonyl (C=O) groups is 2. The summed E-state index contributed by atoms with van der Waals surface area (Å²) in [6.07, 6.45) is 2.64. The van der Waals surface area contributed by atoms with Gasteiger partial charge in [-0.1, -0.05) is 24.3 Å². The van der Waals surface area contributed by atoms with Gasteiger partial charge in [0.15, 0.2) is 0 Å². The fourth-order valence-corrected chi connectivity index (χ4v) is 2.06. The number of halogens is 1. The number of hydrogen-bond acceptors (Lipinski definition) is 3. The molecular weight excluding hydrogens is 321 g/mol. The molecular formula is C19H16FN3O2. The third-order valence-corrected chi connectivity index (χ3v) is 3.20. The van der Waals surface area contributed by atoms with Crippen LogP contribution in [-0.2, 0) is 16.1 Å². The molecule has 0 aliphatic carbocycles. The Kier molecular flexibility index (Phi) is 6.43. The van der Waals surface area contributed by atoms with E-state index in [0.717, 1.165) is 5.56 Å². The summed E-state index contributed by atoms with van der Waals surface area (Å²) in [5, 5.41) is 13.7. The summed E-state index contributed by atoms with van der Waals surface area (Å²) in [5.41, 5.74) is 1.95. The fraction of sp³-hybridized carbons (Fsp3) is 0.105. The van der Waals surface area contributed by atoms with Crippen molar-refractivity contribution in [2.75, 3.05) is 5.32 Å². The molecule has 2 N–H and O–H groups in total. The lowest BCUT2D eigenvalue weighted by Gasteiger charge is -2.07. The second kappa shape index (κ2) is 8.99. The second-order valence-corrected chi connectivity index (χ2v) is 5.19. The highest BCUT2D eigenvalue weighted by atomic mass is 19.1. The lowest BCUT2D eigenvalue weighted by molar-refractivity contribution is -0.120. The largest absolute Gasteiger partial charge is 0.351 e. The molecule has 25 heavy (non-hydrogen) atoms. The van der Waals surface area contributed by atoms with Crippen molar-refractivity contribution in [2.45, 2.75) is 13.0 Å². The van der Waals surface area contributed by atoms with Gasteiger partial charge in [0.05, 0.1) is 6.07 Å². The van der Waals surface area contributed by atoms with Crippen LogP contribution in [0.4, 0.5) is 10.1 Å². The topological polar surface area (TPSA) is 82.0 Å². The SMILES string of the molecule is N#CCC(=O)NCc1cccc(NC(=O)/C=C/c2cccc(F)c2)c1. The summed E-state index contributed by atoms with van der Waals surface area (Å²) >= 11 is 0. The number of carbonyl (C=O) groups excluding carboxylic acids is 2. The van der Waals surface area contributed by atoms with Gasteiger partial charge in [0.2, 0.25) is 11.8 Å². The first-order valence-electron chi connectivity index (χ1n) is 7.54. The Morgan fingerprint density at radius 2 is 1.96 bits per heavy atom. The van der Waals surface area contributed by atoms with Crippen molar-refractivity contribution in [3.63, 3.8) is 0 Å². The molecule has 0 fully saturated rings. The summed E-state index contributed by atoms with van der Waals surface area (Å²) in [4.78, 5) is 23.2. The Bertz CT molecular complexity index is 841. The maximum atomic E-state index is 13.1. The second-order valence-electron chi connectivity index (χ2n) is 5.19. The fourth-order valence-electron chi connectivity index (χ4n) is 2.06. The number of nitrogens with one attached hydrogen (secondary N) is 2. The molecule has 0 unspecified atom stereocenters.